The number of benzene rings is 1. The third kappa shape index (κ3) is 6.02. The van der Waals surface area contributed by atoms with E-state index in [0.717, 1.165) is 30.3 Å². The molecule has 0 radical (unpaired) electrons. The van der Waals surface area contributed by atoms with Crippen LogP contribution in [0, 0.1) is 0 Å². The van der Waals surface area contributed by atoms with Gasteiger partial charge in [-0.15, -0.1) is 0 Å². The Bertz CT molecular complexity index is 832. The average molecular weight is 412 g/mol. The molecular formula is C23H33N5O2. The summed E-state index contributed by atoms with van der Waals surface area (Å²) in [5, 5.41) is 6.68. The maximum atomic E-state index is 5.58. The smallest absolute Gasteiger partial charge is 0.195 e. The normalized spacial score (nSPS) is 14.8. The van der Waals surface area contributed by atoms with Gasteiger partial charge in [0.25, 0.3) is 0 Å². The van der Waals surface area contributed by atoms with Gasteiger partial charge in [-0.2, -0.15) is 0 Å². The molecule has 0 saturated carbocycles. The summed E-state index contributed by atoms with van der Waals surface area (Å²) in [4.78, 5) is 11.3. The van der Waals surface area contributed by atoms with Crippen LogP contribution in [-0.2, 0) is 6.54 Å². The SMILES string of the molecule is CCOc1ccc(NC(=NC)NCc2ccnc(N3CCCCCC3)c2)cc1OC. The fourth-order valence-corrected chi connectivity index (χ4v) is 3.56. The van der Waals surface area contributed by atoms with Gasteiger partial charge < -0.3 is 25.0 Å². The lowest BCUT2D eigenvalue weighted by atomic mass is 10.2. The van der Waals surface area contributed by atoms with Crippen LogP contribution < -0.4 is 25.0 Å². The highest BCUT2D eigenvalue weighted by molar-refractivity contribution is 5.93. The first kappa shape index (κ1) is 21.7. The van der Waals surface area contributed by atoms with Crippen LogP contribution in [0.5, 0.6) is 11.5 Å². The summed E-state index contributed by atoms with van der Waals surface area (Å²) < 4.78 is 11.0. The highest BCUT2D eigenvalue weighted by Crippen LogP contribution is 2.30. The molecule has 1 aliphatic rings. The van der Waals surface area contributed by atoms with Crippen LogP contribution in [0.2, 0.25) is 0 Å². The van der Waals surface area contributed by atoms with Crippen LogP contribution in [0.25, 0.3) is 0 Å². The monoisotopic (exact) mass is 411 g/mol. The Hall–Kier alpha value is -2.96. The van der Waals surface area contributed by atoms with Crippen molar-refractivity contribution >= 4 is 17.5 Å². The quantitative estimate of drug-likeness (QED) is 0.529. The molecule has 162 valence electrons. The minimum Gasteiger partial charge on any atom is -0.493 e. The van der Waals surface area contributed by atoms with Crippen molar-refractivity contribution in [2.24, 2.45) is 4.99 Å². The molecule has 0 amide bonds. The second-order valence-electron chi connectivity index (χ2n) is 7.27. The van der Waals surface area contributed by atoms with Gasteiger partial charge in [0.2, 0.25) is 0 Å². The fraction of sp³-hybridized carbons (Fsp3) is 0.478. The van der Waals surface area contributed by atoms with Gasteiger partial charge in [-0.1, -0.05) is 12.8 Å². The standard InChI is InChI=1S/C23H33N5O2/c1-4-30-20-10-9-19(16-21(20)29-3)27-23(24-2)26-17-18-11-12-25-22(15-18)28-13-7-5-6-8-14-28/h9-12,15-16H,4-8,13-14,17H2,1-3H3,(H2,24,26,27). The van der Waals surface area contributed by atoms with E-state index in [1.165, 1.54) is 31.2 Å². The summed E-state index contributed by atoms with van der Waals surface area (Å²) in [6.45, 7) is 5.39. The molecule has 0 bridgehead atoms. The lowest BCUT2D eigenvalue weighted by molar-refractivity contribution is 0.311. The molecule has 1 fully saturated rings. The van der Waals surface area contributed by atoms with Crippen molar-refractivity contribution in [2.75, 3.05) is 44.1 Å². The molecule has 2 heterocycles. The van der Waals surface area contributed by atoms with Crippen molar-refractivity contribution < 1.29 is 9.47 Å². The van der Waals surface area contributed by atoms with E-state index in [0.29, 0.717) is 24.9 Å². The number of guanidine groups is 1. The van der Waals surface area contributed by atoms with E-state index in [1.54, 1.807) is 14.2 Å². The van der Waals surface area contributed by atoms with E-state index in [2.05, 4.69) is 31.6 Å². The lowest BCUT2D eigenvalue weighted by Gasteiger charge is -2.22. The maximum absolute atomic E-state index is 5.58. The summed E-state index contributed by atoms with van der Waals surface area (Å²) in [5.74, 6) is 3.17. The van der Waals surface area contributed by atoms with E-state index < -0.39 is 0 Å². The van der Waals surface area contributed by atoms with Crippen molar-refractivity contribution in [1.29, 1.82) is 0 Å². The topological polar surface area (TPSA) is 71.0 Å². The number of pyridine rings is 1. The van der Waals surface area contributed by atoms with Crippen molar-refractivity contribution in [3.63, 3.8) is 0 Å². The minimum atomic E-state index is 0.595. The molecule has 1 saturated heterocycles. The summed E-state index contributed by atoms with van der Waals surface area (Å²) in [7, 11) is 3.40. The van der Waals surface area contributed by atoms with E-state index in [-0.39, 0.29) is 0 Å². The third-order valence-corrected chi connectivity index (χ3v) is 5.15. The average Bonchev–Trinajstić information content (AvgIpc) is 3.07. The second kappa shape index (κ2) is 11.3. The molecule has 0 aliphatic carbocycles. The van der Waals surface area contributed by atoms with Crippen LogP contribution >= 0.6 is 0 Å². The first-order valence-corrected chi connectivity index (χ1v) is 10.7. The molecule has 3 rings (SSSR count). The van der Waals surface area contributed by atoms with Gasteiger partial charge in [-0.25, -0.2) is 4.98 Å². The molecule has 7 nitrogen and oxygen atoms in total. The van der Waals surface area contributed by atoms with Gasteiger partial charge in [-0.3, -0.25) is 4.99 Å². The van der Waals surface area contributed by atoms with Crippen molar-refractivity contribution in [2.45, 2.75) is 39.2 Å². The van der Waals surface area contributed by atoms with Gasteiger partial charge in [-0.05, 0) is 49.6 Å². The van der Waals surface area contributed by atoms with Gasteiger partial charge in [0, 0.05) is 44.6 Å². The molecule has 0 spiro atoms. The number of ether oxygens (including phenoxy) is 2. The number of nitrogens with zero attached hydrogens (tertiary/aromatic N) is 3. The number of rotatable bonds is 7. The van der Waals surface area contributed by atoms with Crippen molar-refractivity contribution in [1.82, 2.24) is 10.3 Å². The largest absolute Gasteiger partial charge is 0.493 e. The number of methoxy groups -OCH3 is 1. The summed E-state index contributed by atoms with van der Waals surface area (Å²) in [6, 6.07) is 9.97. The molecular weight excluding hydrogens is 378 g/mol. The number of anilines is 2. The lowest BCUT2D eigenvalue weighted by Crippen LogP contribution is -2.30. The maximum Gasteiger partial charge on any atom is 0.195 e. The number of aromatic nitrogens is 1. The zero-order valence-corrected chi connectivity index (χ0v) is 18.3. The highest BCUT2D eigenvalue weighted by atomic mass is 16.5. The molecule has 0 atom stereocenters. The highest BCUT2D eigenvalue weighted by Gasteiger charge is 2.12. The molecule has 0 unspecified atom stereocenters. The molecule has 1 aromatic carbocycles. The fourth-order valence-electron chi connectivity index (χ4n) is 3.56. The number of hydrogen-bond donors (Lipinski definition) is 2. The number of nitrogens with one attached hydrogen (secondary N) is 2. The van der Waals surface area contributed by atoms with Crippen LogP contribution in [0.15, 0.2) is 41.5 Å². The van der Waals surface area contributed by atoms with Gasteiger partial charge in [0.15, 0.2) is 17.5 Å². The van der Waals surface area contributed by atoms with E-state index >= 15 is 0 Å². The Kier molecular flexibility index (Phi) is 8.18. The first-order valence-electron chi connectivity index (χ1n) is 10.7. The Morgan fingerprint density at radius 2 is 1.90 bits per heavy atom. The Balaban J connectivity index is 1.61. The Labute approximate surface area is 179 Å². The molecule has 2 N–H and O–H groups in total. The van der Waals surface area contributed by atoms with Crippen molar-refractivity contribution in [3.05, 3.63) is 42.1 Å². The van der Waals surface area contributed by atoms with Gasteiger partial charge in [0.05, 0.1) is 13.7 Å². The molecule has 1 aromatic heterocycles. The number of hydrogen-bond acceptors (Lipinski definition) is 5. The van der Waals surface area contributed by atoms with E-state index in [9.17, 15) is 0 Å². The molecule has 1 aliphatic heterocycles. The predicted octanol–water partition coefficient (Wildman–Crippen LogP) is 4.06. The summed E-state index contributed by atoms with van der Waals surface area (Å²) in [5.41, 5.74) is 2.06. The zero-order chi connectivity index (χ0) is 21.2. The second-order valence-corrected chi connectivity index (χ2v) is 7.27. The summed E-state index contributed by atoms with van der Waals surface area (Å²) >= 11 is 0. The van der Waals surface area contributed by atoms with Crippen molar-refractivity contribution in [3.8, 4) is 11.5 Å². The Morgan fingerprint density at radius 1 is 1.10 bits per heavy atom. The number of aliphatic imine (C=N–C) groups is 1. The molecule has 30 heavy (non-hydrogen) atoms. The van der Waals surface area contributed by atoms with Gasteiger partial charge >= 0.3 is 0 Å². The first-order chi connectivity index (χ1) is 14.7. The van der Waals surface area contributed by atoms with Crippen LogP contribution in [0.3, 0.4) is 0 Å². The molecule has 7 heteroatoms. The van der Waals surface area contributed by atoms with E-state index in [4.69, 9.17) is 9.47 Å². The minimum absolute atomic E-state index is 0.595. The Morgan fingerprint density at radius 3 is 2.60 bits per heavy atom. The third-order valence-electron chi connectivity index (χ3n) is 5.15. The van der Waals surface area contributed by atoms with Gasteiger partial charge in [0.1, 0.15) is 5.82 Å². The van der Waals surface area contributed by atoms with Crippen LogP contribution in [0.1, 0.15) is 38.2 Å². The van der Waals surface area contributed by atoms with Crippen LogP contribution in [-0.4, -0.2) is 44.8 Å². The predicted molar refractivity (Wildman–Crippen MR) is 123 cm³/mol. The zero-order valence-electron chi connectivity index (χ0n) is 18.3. The van der Waals surface area contributed by atoms with Crippen LogP contribution in [0.4, 0.5) is 11.5 Å². The summed E-state index contributed by atoms with van der Waals surface area (Å²) in [6.07, 6.45) is 7.01. The van der Waals surface area contributed by atoms with E-state index in [1.807, 2.05) is 37.4 Å². The molecule has 2 aromatic rings.